The number of halogens is 1. The average molecular weight is 323 g/mol. The molecule has 1 aliphatic heterocycles. The Morgan fingerprint density at radius 1 is 1.12 bits per heavy atom. The van der Waals surface area contributed by atoms with Crippen molar-refractivity contribution >= 4 is 17.6 Å². The van der Waals surface area contributed by atoms with Crippen LogP contribution in [-0.2, 0) is 11.3 Å². The fourth-order valence-electron chi connectivity index (χ4n) is 2.74. The third kappa shape index (κ3) is 2.61. The SMILES string of the molecule is C[C@H]1C(=O)N(Cc2ccccc2C#N)C(=O)N1c1ccc(F)cc1. The minimum Gasteiger partial charge on any atom is -0.282 e. The Hall–Kier alpha value is -3.20. The Morgan fingerprint density at radius 2 is 1.79 bits per heavy atom. The second-order valence-electron chi connectivity index (χ2n) is 5.50. The first-order valence-electron chi connectivity index (χ1n) is 7.41. The third-order valence-electron chi connectivity index (χ3n) is 4.02. The van der Waals surface area contributed by atoms with Gasteiger partial charge < -0.3 is 0 Å². The molecule has 2 aromatic carbocycles. The number of nitriles is 1. The molecule has 2 aromatic rings. The highest BCUT2D eigenvalue weighted by Crippen LogP contribution is 2.27. The molecule has 0 bridgehead atoms. The highest BCUT2D eigenvalue weighted by atomic mass is 19.1. The lowest BCUT2D eigenvalue weighted by molar-refractivity contribution is -0.127. The van der Waals surface area contributed by atoms with E-state index in [2.05, 4.69) is 6.07 Å². The highest BCUT2D eigenvalue weighted by Gasteiger charge is 2.43. The Balaban J connectivity index is 1.91. The summed E-state index contributed by atoms with van der Waals surface area (Å²) in [6, 6.07) is 13.1. The second-order valence-corrected chi connectivity index (χ2v) is 5.50. The van der Waals surface area contributed by atoms with E-state index in [1.807, 2.05) is 0 Å². The van der Waals surface area contributed by atoms with Crippen LogP contribution in [-0.4, -0.2) is 22.9 Å². The number of amides is 3. The molecule has 1 aliphatic rings. The van der Waals surface area contributed by atoms with Gasteiger partial charge in [0.2, 0.25) is 0 Å². The fourth-order valence-corrected chi connectivity index (χ4v) is 2.74. The van der Waals surface area contributed by atoms with Crippen LogP contribution in [0.15, 0.2) is 48.5 Å². The Bertz CT molecular complexity index is 842. The molecule has 24 heavy (non-hydrogen) atoms. The lowest BCUT2D eigenvalue weighted by Gasteiger charge is -2.19. The molecule has 3 rings (SSSR count). The number of hydrogen-bond donors (Lipinski definition) is 0. The summed E-state index contributed by atoms with van der Waals surface area (Å²) in [6.07, 6.45) is 0. The van der Waals surface area contributed by atoms with E-state index in [1.165, 1.54) is 29.2 Å². The first-order valence-corrected chi connectivity index (χ1v) is 7.41. The molecular weight excluding hydrogens is 309 g/mol. The lowest BCUT2D eigenvalue weighted by atomic mass is 10.1. The summed E-state index contributed by atoms with van der Waals surface area (Å²) < 4.78 is 13.1. The van der Waals surface area contributed by atoms with Crippen LogP contribution in [0, 0.1) is 17.1 Å². The molecule has 6 heteroatoms. The molecule has 0 spiro atoms. The summed E-state index contributed by atoms with van der Waals surface area (Å²) in [4.78, 5) is 27.6. The fraction of sp³-hybridized carbons (Fsp3) is 0.167. The van der Waals surface area contributed by atoms with Crippen molar-refractivity contribution in [2.75, 3.05) is 4.90 Å². The minimum absolute atomic E-state index is 0.0312. The number of benzene rings is 2. The van der Waals surface area contributed by atoms with Gasteiger partial charge in [-0.1, -0.05) is 18.2 Å². The van der Waals surface area contributed by atoms with E-state index in [4.69, 9.17) is 5.26 Å². The van der Waals surface area contributed by atoms with Gasteiger partial charge in [0.25, 0.3) is 5.91 Å². The van der Waals surface area contributed by atoms with Crippen LogP contribution < -0.4 is 4.90 Å². The van der Waals surface area contributed by atoms with Crippen molar-refractivity contribution in [3.05, 3.63) is 65.5 Å². The molecular formula is C18H14FN3O2. The second kappa shape index (κ2) is 6.13. The van der Waals surface area contributed by atoms with Crippen LogP contribution in [0.1, 0.15) is 18.1 Å². The van der Waals surface area contributed by atoms with Crippen molar-refractivity contribution in [3.63, 3.8) is 0 Å². The van der Waals surface area contributed by atoms with Gasteiger partial charge in [-0.15, -0.1) is 0 Å². The van der Waals surface area contributed by atoms with E-state index in [-0.39, 0.29) is 12.5 Å². The van der Waals surface area contributed by atoms with Crippen LogP contribution >= 0.6 is 0 Å². The summed E-state index contributed by atoms with van der Waals surface area (Å²) in [5, 5.41) is 9.15. The zero-order chi connectivity index (χ0) is 17.3. The van der Waals surface area contributed by atoms with Crippen molar-refractivity contribution in [1.82, 2.24) is 4.90 Å². The van der Waals surface area contributed by atoms with Crippen LogP contribution in [0.2, 0.25) is 0 Å². The van der Waals surface area contributed by atoms with E-state index in [0.29, 0.717) is 16.8 Å². The zero-order valence-corrected chi connectivity index (χ0v) is 12.9. The van der Waals surface area contributed by atoms with Gasteiger partial charge in [-0.3, -0.25) is 14.6 Å². The van der Waals surface area contributed by atoms with Gasteiger partial charge in [0.05, 0.1) is 18.2 Å². The maximum Gasteiger partial charge on any atom is 0.332 e. The largest absolute Gasteiger partial charge is 0.332 e. The Kier molecular flexibility index (Phi) is 4.00. The first-order chi connectivity index (χ1) is 11.5. The maximum atomic E-state index is 13.1. The standard InChI is InChI=1S/C18H14FN3O2/c1-12-17(23)21(11-14-5-3-2-4-13(14)10-20)18(24)22(12)16-8-6-15(19)7-9-16/h2-9,12H,11H2,1H3/t12-/m0/s1. The van der Waals surface area contributed by atoms with Gasteiger partial charge in [-0.25, -0.2) is 9.18 Å². The van der Waals surface area contributed by atoms with Gasteiger partial charge in [0, 0.05) is 5.69 Å². The van der Waals surface area contributed by atoms with Gasteiger partial charge in [-0.2, -0.15) is 5.26 Å². The third-order valence-corrected chi connectivity index (χ3v) is 4.02. The zero-order valence-electron chi connectivity index (χ0n) is 12.9. The van der Waals surface area contributed by atoms with E-state index in [0.717, 1.165) is 4.90 Å². The van der Waals surface area contributed by atoms with E-state index in [1.54, 1.807) is 31.2 Å². The van der Waals surface area contributed by atoms with Crippen LogP contribution in [0.4, 0.5) is 14.9 Å². The monoisotopic (exact) mass is 323 g/mol. The van der Waals surface area contributed by atoms with Gasteiger partial charge in [0.15, 0.2) is 0 Å². The molecule has 1 fully saturated rings. The molecule has 5 nitrogen and oxygen atoms in total. The van der Waals surface area contributed by atoms with E-state index >= 15 is 0 Å². The predicted octanol–water partition coefficient (Wildman–Crippen LogP) is 3.05. The van der Waals surface area contributed by atoms with E-state index in [9.17, 15) is 14.0 Å². The van der Waals surface area contributed by atoms with Crippen molar-refractivity contribution in [2.24, 2.45) is 0 Å². The number of anilines is 1. The topological polar surface area (TPSA) is 64.4 Å². The average Bonchev–Trinajstić information content (AvgIpc) is 2.80. The predicted molar refractivity (Wildman–Crippen MR) is 85.4 cm³/mol. The van der Waals surface area contributed by atoms with Crippen LogP contribution in [0.25, 0.3) is 0 Å². The van der Waals surface area contributed by atoms with Gasteiger partial charge >= 0.3 is 6.03 Å². The number of hydrogen-bond acceptors (Lipinski definition) is 3. The van der Waals surface area contributed by atoms with Gasteiger partial charge in [0.1, 0.15) is 11.9 Å². The molecule has 0 saturated carbocycles. The van der Waals surface area contributed by atoms with Crippen molar-refractivity contribution in [3.8, 4) is 6.07 Å². The lowest BCUT2D eigenvalue weighted by Crippen LogP contribution is -2.33. The smallest absolute Gasteiger partial charge is 0.282 e. The number of nitrogens with zero attached hydrogens (tertiary/aromatic N) is 3. The minimum atomic E-state index is -0.683. The Labute approximate surface area is 138 Å². The molecule has 1 heterocycles. The number of imide groups is 1. The molecule has 0 radical (unpaired) electrons. The normalized spacial score (nSPS) is 17.3. The molecule has 0 aromatic heterocycles. The summed E-state index contributed by atoms with van der Waals surface area (Å²) >= 11 is 0. The highest BCUT2D eigenvalue weighted by molar-refractivity contribution is 6.13. The quantitative estimate of drug-likeness (QED) is 0.816. The number of carbonyl (C=O) groups excluding carboxylic acids is 2. The molecule has 1 saturated heterocycles. The van der Waals surface area contributed by atoms with Gasteiger partial charge in [-0.05, 0) is 42.8 Å². The first kappa shape index (κ1) is 15.7. The van der Waals surface area contributed by atoms with Crippen LogP contribution in [0.5, 0.6) is 0 Å². The molecule has 0 unspecified atom stereocenters. The summed E-state index contributed by atoms with van der Waals surface area (Å²) in [5.74, 6) is -0.763. The number of urea groups is 1. The van der Waals surface area contributed by atoms with Crippen molar-refractivity contribution in [1.29, 1.82) is 5.26 Å². The summed E-state index contributed by atoms with van der Waals surface area (Å²) in [6.45, 7) is 1.66. The summed E-state index contributed by atoms with van der Waals surface area (Å²) in [7, 11) is 0. The number of rotatable bonds is 3. The summed E-state index contributed by atoms with van der Waals surface area (Å²) in [5.41, 5.74) is 1.49. The molecule has 0 N–H and O–H groups in total. The van der Waals surface area contributed by atoms with Crippen molar-refractivity contribution < 1.29 is 14.0 Å². The maximum absolute atomic E-state index is 13.1. The van der Waals surface area contributed by atoms with E-state index < -0.39 is 17.9 Å². The molecule has 0 aliphatic carbocycles. The molecule has 3 amide bonds. The van der Waals surface area contributed by atoms with Crippen LogP contribution in [0.3, 0.4) is 0 Å². The molecule has 1 atom stereocenters. The number of carbonyl (C=O) groups is 2. The molecule has 120 valence electrons. The Morgan fingerprint density at radius 3 is 2.46 bits per heavy atom. The van der Waals surface area contributed by atoms with Crippen molar-refractivity contribution in [2.45, 2.75) is 19.5 Å².